The number of thiazole rings is 1. The van der Waals surface area contributed by atoms with Crippen LogP contribution in [-0.4, -0.2) is 59.2 Å². The van der Waals surface area contributed by atoms with Crippen molar-refractivity contribution in [3.05, 3.63) is 16.1 Å². The minimum absolute atomic E-state index is 0.368. The molecular weight excluding hydrogens is 282 g/mol. The molecular formula is C16H27N3OS. The first-order valence-electron chi connectivity index (χ1n) is 8.13. The van der Waals surface area contributed by atoms with Crippen LogP contribution in [0.15, 0.2) is 6.20 Å². The van der Waals surface area contributed by atoms with E-state index >= 15 is 0 Å². The number of rotatable bonds is 4. The second-order valence-electron chi connectivity index (χ2n) is 6.59. The van der Waals surface area contributed by atoms with E-state index < -0.39 is 0 Å². The first-order valence-corrected chi connectivity index (χ1v) is 8.95. The van der Waals surface area contributed by atoms with E-state index in [0.717, 1.165) is 19.6 Å². The van der Waals surface area contributed by atoms with E-state index in [1.165, 1.54) is 35.8 Å². The van der Waals surface area contributed by atoms with E-state index in [1.807, 2.05) is 17.5 Å². The monoisotopic (exact) mass is 309 g/mol. The van der Waals surface area contributed by atoms with Gasteiger partial charge in [-0.05, 0) is 40.2 Å². The molecule has 21 heavy (non-hydrogen) atoms. The lowest BCUT2D eigenvalue weighted by molar-refractivity contribution is -0.0724. The first-order chi connectivity index (χ1) is 10.1. The van der Waals surface area contributed by atoms with E-state index in [-0.39, 0.29) is 0 Å². The summed E-state index contributed by atoms with van der Waals surface area (Å²) >= 11 is 1.84. The lowest BCUT2D eigenvalue weighted by Gasteiger charge is -2.38. The molecule has 0 spiro atoms. The summed E-state index contributed by atoms with van der Waals surface area (Å²) in [4.78, 5) is 11.0. The molecule has 1 aromatic heterocycles. The van der Waals surface area contributed by atoms with Crippen LogP contribution in [0.4, 0.5) is 0 Å². The summed E-state index contributed by atoms with van der Waals surface area (Å²) in [5.74, 6) is 0. The first kappa shape index (κ1) is 15.4. The van der Waals surface area contributed by atoms with Gasteiger partial charge in [0.1, 0.15) is 0 Å². The van der Waals surface area contributed by atoms with Crippen molar-refractivity contribution in [2.45, 2.75) is 58.4 Å². The quantitative estimate of drug-likeness (QED) is 0.854. The molecule has 3 atom stereocenters. The zero-order valence-corrected chi connectivity index (χ0v) is 14.2. The van der Waals surface area contributed by atoms with Crippen LogP contribution in [0.3, 0.4) is 0 Å². The van der Waals surface area contributed by atoms with Gasteiger partial charge in [-0.2, -0.15) is 0 Å². The van der Waals surface area contributed by atoms with E-state index in [1.54, 1.807) is 0 Å². The molecule has 2 aliphatic heterocycles. The molecule has 2 aliphatic rings. The highest BCUT2D eigenvalue weighted by Crippen LogP contribution is 2.24. The Morgan fingerprint density at radius 1 is 1.33 bits per heavy atom. The van der Waals surface area contributed by atoms with Crippen LogP contribution in [0.5, 0.6) is 0 Å². The number of hydrogen-bond acceptors (Lipinski definition) is 5. The summed E-state index contributed by atoms with van der Waals surface area (Å²) in [6.45, 7) is 12.1. The lowest BCUT2D eigenvalue weighted by Crippen LogP contribution is -2.49. The summed E-state index contributed by atoms with van der Waals surface area (Å²) in [5.41, 5.74) is 0. The molecule has 0 aliphatic carbocycles. The second-order valence-corrected chi connectivity index (χ2v) is 7.91. The Hall–Kier alpha value is -0.490. The van der Waals surface area contributed by atoms with Gasteiger partial charge in [-0.15, -0.1) is 11.3 Å². The Morgan fingerprint density at radius 3 is 2.76 bits per heavy atom. The smallest absolute Gasteiger partial charge is 0.0897 e. The predicted octanol–water partition coefficient (Wildman–Crippen LogP) is 2.53. The maximum Gasteiger partial charge on any atom is 0.0897 e. The molecule has 118 valence electrons. The van der Waals surface area contributed by atoms with Crippen molar-refractivity contribution >= 4 is 11.3 Å². The number of nitrogens with zero attached hydrogens (tertiary/aromatic N) is 3. The average molecular weight is 309 g/mol. The second kappa shape index (κ2) is 6.73. The Bertz CT molecular complexity index is 454. The molecule has 3 heterocycles. The van der Waals surface area contributed by atoms with Gasteiger partial charge in [-0.1, -0.05) is 0 Å². The molecule has 5 heteroatoms. The molecule has 0 radical (unpaired) electrons. The molecule has 0 bridgehead atoms. The van der Waals surface area contributed by atoms with Crippen molar-refractivity contribution in [3.63, 3.8) is 0 Å². The number of likely N-dealkylation sites (tertiary alicyclic amines) is 1. The molecule has 1 aromatic rings. The predicted molar refractivity (Wildman–Crippen MR) is 86.7 cm³/mol. The molecule has 0 aromatic carbocycles. The number of hydrogen-bond donors (Lipinski definition) is 0. The van der Waals surface area contributed by atoms with E-state index in [9.17, 15) is 0 Å². The van der Waals surface area contributed by atoms with E-state index in [4.69, 9.17) is 4.74 Å². The van der Waals surface area contributed by atoms with Crippen LogP contribution in [0.25, 0.3) is 0 Å². The number of aryl methyl sites for hydroxylation is 1. The van der Waals surface area contributed by atoms with Crippen molar-refractivity contribution in [3.8, 4) is 0 Å². The fourth-order valence-electron chi connectivity index (χ4n) is 3.72. The third-order valence-corrected chi connectivity index (χ3v) is 5.39. The fourth-order valence-corrected chi connectivity index (χ4v) is 4.54. The van der Waals surface area contributed by atoms with Crippen LogP contribution in [0.2, 0.25) is 0 Å². The molecule has 2 fully saturated rings. The van der Waals surface area contributed by atoms with Gasteiger partial charge in [-0.25, -0.2) is 4.98 Å². The van der Waals surface area contributed by atoms with Gasteiger partial charge in [0.15, 0.2) is 0 Å². The summed E-state index contributed by atoms with van der Waals surface area (Å²) in [6, 6.07) is 0.699. The maximum atomic E-state index is 5.84. The summed E-state index contributed by atoms with van der Waals surface area (Å²) in [7, 11) is 0. The molecule has 0 amide bonds. The lowest BCUT2D eigenvalue weighted by atomic mass is 10.1. The largest absolute Gasteiger partial charge is 0.373 e. The molecule has 0 saturated carbocycles. The fraction of sp³-hybridized carbons (Fsp3) is 0.812. The summed E-state index contributed by atoms with van der Waals surface area (Å²) < 4.78 is 5.84. The van der Waals surface area contributed by atoms with Gasteiger partial charge >= 0.3 is 0 Å². The Labute approximate surface area is 132 Å². The van der Waals surface area contributed by atoms with Crippen molar-refractivity contribution in [2.75, 3.05) is 26.2 Å². The number of ether oxygens (including phenoxy) is 1. The van der Waals surface area contributed by atoms with Crippen molar-refractivity contribution in [1.82, 2.24) is 14.8 Å². The molecule has 3 unspecified atom stereocenters. The Kier molecular flexibility index (Phi) is 4.94. The van der Waals surface area contributed by atoms with Crippen LogP contribution >= 0.6 is 11.3 Å². The van der Waals surface area contributed by atoms with Crippen LogP contribution < -0.4 is 0 Å². The van der Waals surface area contributed by atoms with E-state index in [2.05, 4.69) is 35.6 Å². The highest BCUT2D eigenvalue weighted by atomic mass is 32.1. The van der Waals surface area contributed by atoms with E-state index in [0.29, 0.717) is 18.2 Å². The molecule has 4 nitrogen and oxygen atoms in total. The highest BCUT2D eigenvalue weighted by molar-refractivity contribution is 7.11. The van der Waals surface area contributed by atoms with Crippen LogP contribution in [0, 0.1) is 6.92 Å². The van der Waals surface area contributed by atoms with Gasteiger partial charge in [0.05, 0.1) is 17.2 Å². The van der Waals surface area contributed by atoms with Crippen molar-refractivity contribution in [2.24, 2.45) is 0 Å². The third-order valence-electron chi connectivity index (χ3n) is 4.49. The van der Waals surface area contributed by atoms with Crippen molar-refractivity contribution < 1.29 is 4.74 Å². The Balaban J connectivity index is 1.56. The zero-order valence-electron chi connectivity index (χ0n) is 13.4. The van der Waals surface area contributed by atoms with Crippen molar-refractivity contribution in [1.29, 1.82) is 0 Å². The minimum atomic E-state index is 0.368. The summed E-state index contributed by atoms with van der Waals surface area (Å²) in [6.07, 6.45) is 5.45. The molecule has 0 N–H and O–H groups in total. The highest BCUT2D eigenvalue weighted by Gasteiger charge is 2.30. The third kappa shape index (κ3) is 4.03. The zero-order chi connectivity index (χ0) is 14.8. The van der Waals surface area contributed by atoms with Gasteiger partial charge in [0.25, 0.3) is 0 Å². The normalized spacial score (nSPS) is 31.9. The Morgan fingerprint density at radius 2 is 2.10 bits per heavy atom. The minimum Gasteiger partial charge on any atom is -0.373 e. The number of morpholine rings is 1. The van der Waals surface area contributed by atoms with Gasteiger partial charge in [-0.3, -0.25) is 9.80 Å². The number of aromatic nitrogens is 1. The van der Waals surface area contributed by atoms with Crippen LogP contribution in [0.1, 0.15) is 36.6 Å². The average Bonchev–Trinajstić information content (AvgIpc) is 2.99. The molecule has 2 saturated heterocycles. The van der Waals surface area contributed by atoms with Gasteiger partial charge in [0.2, 0.25) is 0 Å². The standard InChI is InChI=1S/C16H27N3OS/c1-12-8-18(9-13(2)20-12)10-15-5-4-6-19(15)11-16-7-17-14(3)21-16/h7,12-13,15H,4-6,8-11H2,1-3H3. The van der Waals surface area contributed by atoms with Crippen LogP contribution in [-0.2, 0) is 11.3 Å². The topological polar surface area (TPSA) is 28.6 Å². The van der Waals surface area contributed by atoms with Gasteiger partial charge in [0, 0.05) is 43.3 Å². The van der Waals surface area contributed by atoms with Gasteiger partial charge < -0.3 is 4.74 Å². The maximum absolute atomic E-state index is 5.84. The summed E-state index contributed by atoms with van der Waals surface area (Å²) in [5, 5.41) is 1.18. The SMILES string of the molecule is Cc1ncc(CN2CCCC2CN2CC(C)OC(C)C2)s1. The molecule has 3 rings (SSSR count).